The third-order valence-corrected chi connectivity index (χ3v) is 7.38. The molecule has 0 unspecified atom stereocenters. The highest BCUT2D eigenvalue weighted by Crippen LogP contribution is 2.27. The highest BCUT2D eigenvalue weighted by atomic mass is 19.1. The third kappa shape index (κ3) is 4.49. The zero-order valence-electron chi connectivity index (χ0n) is 21.6. The van der Waals surface area contributed by atoms with E-state index in [2.05, 4.69) is 25.0 Å². The highest BCUT2D eigenvalue weighted by molar-refractivity contribution is 5.87. The zero-order chi connectivity index (χ0) is 27.2. The van der Waals surface area contributed by atoms with Crippen molar-refractivity contribution in [3.8, 4) is 17.3 Å². The second-order valence-corrected chi connectivity index (χ2v) is 9.93. The lowest BCUT2D eigenvalue weighted by Crippen LogP contribution is -2.47. The van der Waals surface area contributed by atoms with Gasteiger partial charge in [-0.25, -0.2) is 14.4 Å². The largest absolute Gasteiger partial charge is 0.485 e. The summed E-state index contributed by atoms with van der Waals surface area (Å²) in [6.07, 6.45) is 2.13. The van der Waals surface area contributed by atoms with Crippen molar-refractivity contribution in [1.29, 1.82) is 0 Å². The molecule has 2 saturated heterocycles. The normalized spacial score (nSPS) is 20.2. The number of hydrogen-bond acceptors (Lipinski definition) is 11. The minimum atomic E-state index is -0.701. The first-order valence-corrected chi connectivity index (χ1v) is 13.1. The summed E-state index contributed by atoms with van der Waals surface area (Å²) >= 11 is 0. The molecule has 4 aromatic heterocycles. The lowest BCUT2D eigenvalue weighted by molar-refractivity contribution is 0.0731. The van der Waals surface area contributed by atoms with E-state index in [-0.39, 0.29) is 18.4 Å². The number of halogens is 1. The molecule has 0 spiro atoms. The van der Waals surface area contributed by atoms with Crippen molar-refractivity contribution in [2.75, 3.05) is 56.6 Å². The number of benzene rings is 1. The Morgan fingerprint density at radius 1 is 1.07 bits per heavy atom. The molecule has 6 heterocycles. The fourth-order valence-electron chi connectivity index (χ4n) is 5.20. The molecule has 14 heteroatoms. The number of aromatic nitrogens is 6. The number of furan rings is 1. The maximum Gasteiger partial charge on any atom is 0.225 e. The molecule has 0 saturated carbocycles. The molecule has 1 aromatic carbocycles. The van der Waals surface area contributed by atoms with Gasteiger partial charge in [-0.2, -0.15) is 9.50 Å². The first-order valence-electron chi connectivity index (χ1n) is 13.1. The third-order valence-electron chi connectivity index (χ3n) is 7.38. The molecule has 0 radical (unpaired) electrons. The van der Waals surface area contributed by atoms with Crippen LogP contribution in [0.2, 0.25) is 0 Å². The highest BCUT2D eigenvalue weighted by Gasteiger charge is 2.28. The van der Waals surface area contributed by atoms with Crippen LogP contribution in [-0.4, -0.2) is 97.3 Å². The number of imidazole rings is 1. The van der Waals surface area contributed by atoms with Crippen LogP contribution in [0.25, 0.3) is 28.4 Å². The Balaban J connectivity index is 0.990. The number of aliphatic hydroxyl groups excluding tert-OH is 1. The minimum Gasteiger partial charge on any atom is -0.485 e. The minimum absolute atomic E-state index is 0.217. The number of aliphatic hydroxyl groups is 1. The van der Waals surface area contributed by atoms with Gasteiger partial charge >= 0.3 is 0 Å². The van der Waals surface area contributed by atoms with Crippen LogP contribution >= 0.6 is 0 Å². The molecule has 0 bridgehead atoms. The predicted molar refractivity (Wildman–Crippen MR) is 142 cm³/mol. The summed E-state index contributed by atoms with van der Waals surface area (Å²) in [5.41, 5.74) is 8.52. The number of anilines is 2. The summed E-state index contributed by atoms with van der Waals surface area (Å²) < 4.78 is 34.7. The Hall–Kier alpha value is -4.27. The maximum absolute atomic E-state index is 14.9. The van der Waals surface area contributed by atoms with Gasteiger partial charge in [-0.05, 0) is 24.3 Å². The van der Waals surface area contributed by atoms with Crippen molar-refractivity contribution in [1.82, 2.24) is 34.0 Å². The molecule has 3 N–H and O–H groups in total. The van der Waals surface area contributed by atoms with Crippen LogP contribution in [0.3, 0.4) is 0 Å². The topological polar surface area (TPSA) is 145 Å². The second-order valence-electron chi connectivity index (χ2n) is 9.93. The van der Waals surface area contributed by atoms with Crippen molar-refractivity contribution in [3.63, 3.8) is 0 Å². The van der Waals surface area contributed by atoms with E-state index in [0.29, 0.717) is 66.1 Å². The average Bonchev–Trinajstić information content (AvgIpc) is 3.76. The van der Waals surface area contributed by atoms with Gasteiger partial charge < -0.3 is 34.2 Å². The van der Waals surface area contributed by atoms with Crippen molar-refractivity contribution in [3.05, 3.63) is 48.7 Å². The SMILES string of the molecule is Nc1nc2c(ncn2CCN2CCN(c3ccc(O[C@H]4COC[C@@H]4O)cc3F)CC2)c2nc(-c3ccco3)nn12. The maximum atomic E-state index is 14.9. The molecule has 2 atom stereocenters. The first-order chi connectivity index (χ1) is 19.5. The standard InChI is InChI=1S/C26H28FN9O4/c27-17-12-16(40-21-14-38-13-19(21)37)3-4-18(17)34-8-5-33(6-9-34)7-10-35-15-29-22-24(35)31-26(28)36-25(22)30-23(32-36)20-2-1-11-39-20/h1-4,11-12,15,19,21,37H,5-10,13-14H2,(H2,28,31)/t19-,21-/m0/s1. The molecule has 13 nitrogen and oxygen atoms in total. The molecule has 2 aliphatic heterocycles. The predicted octanol–water partition coefficient (Wildman–Crippen LogP) is 1.42. The summed E-state index contributed by atoms with van der Waals surface area (Å²) in [5.74, 6) is 1.21. The van der Waals surface area contributed by atoms with E-state index in [1.807, 2.05) is 9.47 Å². The van der Waals surface area contributed by atoms with Gasteiger partial charge in [0.2, 0.25) is 11.8 Å². The number of hydrogen-bond donors (Lipinski definition) is 2. The van der Waals surface area contributed by atoms with Crippen LogP contribution in [0, 0.1) is 5.82 Å². The Labute approximate surface area is 227 Å². The van der Waals surface area contributed by atoms with Gasteiger partial charge in [0.25, 0.3) is 0 Å². The Morgan fingerprint density at radius 3 is 2.70 bits per heavy atom. The summed E-state index contributed by atoms with van der Waals surface area (Å²) in [7, 11) is 0. The fourth-order valence-corrected chi connectivity index (χ4v) is 5.20. The van der Waals surface area contributed by atoms with E-state index in [4.69, 9.17) is 19.6 Å². The van der Waals surface area contributed by atoms with Crippen LogP contribution < -0.4 is 15.4 Å². The molecular weight excluding hydrogens is 521 g/mol. The summed E-state index contributed by atoms with van der Waals surface area (Å²) in [5, 5.41) is 14.3. The van der Waals surface area contributed by atoms with E-state index >= 15 is 0 Å². The number of ether oxygens (including phenoxy) is 2. The number of nitrogen functional groups attached to an aromatic ring is 1. The van der Waals surface area contributed by atoms with Crippen LogP contribution in [0.5, 0.6) is 5.75 Å². The second kappa shape index (κ2) is 10.0. The monoisotopic (exact) mass is 549 g/mol. The lowest BCUT2D eigenvalue weighted by Gasteiger charge is -2.36. The van der Waals surface area contributed by atoms with E-state index in [0.717, 1.165) is 19.6 Å². The van der Waals surface area contributed by atoms with Gasteiger partial charge in [-0.3, -0.25) is 4.90 Å². The fraction of sp³-hybridized carbons (Fsp3) is 0.385. The van der Waals surface area contributed by atoms with Crippen LogP contribution in [0.1, 0.15) is 0 Å². The van der Waals surface area contributed by atoms with Crippen molar-refractivity contribution in [2.45, 2.75) is 18.8 Å². The first kappa shape index (κ1) is 24.7. The van der Waals surface area contributed by atoms with E-state index in [9.17, 15) is 9.50 Å². The van der Waals surface area contributed by atoms with Gasteiger partial charge in [0.05, 0.1) is 31.5 Å². The van der Waals surface area contributed by atoms with Crippen LogP contribution in [-0.2, 0) is 11.3 Å². The molecule has 5 aromatic rings. The smallest absolute Gasteiger partial charge is 0.225 e. The molecule has 2 fully saturated rings. The summed E-state index contributed by atoms with van der Waals surface area (Å²) in [6.45, 7) is 4.92. The zero-order valence-corrected chi connectivity index (χ0v) is 21.6. The van der Waals surface area contributed by atoms with Gasteiger partial charge in [-0.15, -0.1) is 5.10 Å². The van der Waals surface area contributed by atoms with Gasteiger partial charge in [0, 0.05) is 45.3 Å². The molecule has 0 amide bonds. The van der Waals surface area contributed by atoms with Crippen LogP contribution in [0.15, 0.2) is 47.3 Å². The number of piperazine rings is 1. The quantitative estimate of drug-likeness (QED) is 0.304. The number of nitrogens with zero attached hydrogens (tertiary/aromatic N) is 8. The van der Waals surface area contributed by atoms with Crippen LogP contribution in [0.4, 0.5) is 16.0 Å². The van der Waals surface area contributed by atoms with E-state index < -0.39 is 12.2 Å². The van der Waals surface area contributed by atoms with Crippen molar-refractivity contribution in [2.24, 2.45) is 0 Å². The lowest BCUT2D eigenvalue weighted by atomic mass is 10.2. The van der Waals surface area contributed by atoms with Crippen molar-refractivity contribution < 1.29 is 23.4 Å². The summed E-state index contributed by atoms with van der Waals surface area (Å²) in [4.78, 5) is 18.0. The Kier molecular flexibility index (Phi) is 6.21. The van der Waals surface area contributed by atoms with Gasteiger partial charge in [0.1, 0.15) is 23.8 Å². The van der Waals surface area contributed by atoms with E-state index in [1.165, 1.54) is 10.6 Å². The molecule has 0 aliphatic carbocycles. The molecule has 208 valence electrons. The van der Waals surface area contributed by atoms with E-state index in [1.54, 1.807) is 36.9 Å². The van der Waals surface area contributed by atoms with Gasteiger partial charge in [0.15, 0.2) is 22.6 Å². The molecular formula is C26H28FN9O4. The number of nitrogens with two attached hydrogens (primary N) is 1. The molecule has 2 aliphatic rings. The van der Waals surface area contributed by atoms with Crippen molar-refractivity contribution >= 4 is 28.4 Å². The molecule has 7 rings (SSSR count). The van der Waals surface area contributed by atoms with Gasteiger partial charge in [-0.1, -0.05) is 0 Å². The summed E-state index contributed by atoms with van der Waals surface area (Å²) in [6, 6.07) is 8.40. The number of rotatable bonds is 7. The Morgan fingerprint density at radius 2 is 1.95 bits per heavy atom. The molecule has 40 heavy (non-hydrogen) atoms. The number of fused-ring (bicyclic) bond motifs is 3. The Bertz CT molecular complexity index is 1650. The average molecular weight is 550 g/mol.